The van der Waals surface area contributed by atoms with E-state index in [2.05, 4.69) is 10.1 Å². The van der Waals surface area contributed by atoms with E-state index in [1.807, 2.05) is 6.92 Å². The predicted molar refractivity (Wildman–Crippen MR) is 102 cm³/mol. The summed E-state index contributed by atoms with van der Waals surface area (Å²) in [6, 6.07) is 13.1. The fourth-order valence-electron chi connectivity index (χ4n) is 2.59. The van der Waals surface area contributed by atoms with Gasteiger partial charge in [-0.25, -0.2) is 0 Å². The standard InChI is InChI=1S/C19H16F2N2O3S/c1-2-25-14-9-7-13(8-10-14)23-17(24)15(22-19(23)27)11-12-5-3-4-6-16(12)26-18(20)21/h3-11,18H,2H2,1H3,(H,22,27)/b15-11+. The Balaban J connectivity index is 1.87. The zero-order valence-corrected chi connectivity index (χ0v) is 15.1. The summed E-state index contributed by atoms with van der Waals surface area (Å²) in [4.78, 5) is 14.1. The highest BCUT2D eigenvalue weighted by Gasteiger charge is 2.32. The van der Waals surface area contributed by atoms with Crippen LogP contribution in [0, 0.1) is 0 Å². The Morgan fingerprint density at radius 2 is 1.89 bits per heavy atom. The molecule has 2 aromatic rings. The van der Waals surface area contributed by atoms with Crippen LogP contribution in [0.5, 0.6) is 11.5 Å². The quantitative estimate of drug-likeness (QED) is 0.598. The highest BCUT2D eigenvalue weighted by atomic mass is 32.1. The molecular weight excluding hydrogens is 374 g/mol. The first kappa shape index (κ1) is 18.8. The minimum atomic E-state index is -2.96. The molecule has 1 aliphatic rings. The number of carbonyl (C=O) groups excluding carboxylic acids is 1. The Kier molecular flexibility index (Phi) is 5.66. The van der Waals surface area contributed by atoms with Gasteiger partial charge in [-0.1, -0.05) is 18.2 Å². The SMILES string of the molecule is CCOc1ccc(N2C(=O)/C(=C\c3ccccc3OC(F)F)NC2=S)cc1. The van der Waals surface area contributed by atoms with E-state index >= 15 is 0 Å². The van der Waals surface area contributed by atoms with Crippen LogP contribution in [0.25, 0.3) is 6.08 Å². The third kappa shape index (κ3) is 4.22. The van der Waals surface area contributed by atoms with E-state index in [9.17, 15) is 13.6 Å². The first-order valence-corrected chi connectivity index (χ1v) is 8.54. The average Bonchev–Trinajstić information content (AvgIpc) is 2.91. The number of nitrogens with one attached hydrogen (secondary N) is 1. The van der Waals surface area contributed by atoms with E-state index in [1.165, 1.54) is 17.0 Å². The largest absolute Gasteiger partial charge is 0.494 e. The molecular formula is C19H16F2N2O3S. The Labute approximate surface area is 160 Å². The maximum atomic E-state index is 12.8. The summed E-state index contributed by atoms with van der Waals surface area (Å²) in [6.45, 7) is -0.545. The second-order valence-electron chi connectivity index (χ2n) is 5.47. The second-order valence-corrected chi connectivity index (χ2v) is 5.86. The Bertz CT molecular complexity index is 885. The number of anilines is 1. The molecule has 5 nitrogen and oxygen atoms in total. The van der Waals surface area contributed by atoms with Gasteiger partial charge in [-0.3, -0.25) is 9.69 Å². The fraction of sp³-hybridized carbons (Fsp3) is 0.158. The Morgan fingerprint density at radius 1 is 1.19 bits per heavy atom. The van der Waals surface area contributed by atoms with Gasteiger partial charge in [0.1, 0.15) is 17.2 Å². The molecule has 1 fully saturated rings. The van der Waals surface area contributed by atoms with Gasteiger partial charge in [-0.05, 0) is 55.5 Å². The van der Waals surface area contributed by atoms with Gasteiger partial charge in [0, 0.05) is 5.56 Å². The van der Waals surface area contributed by atoms with Crippen molar-refractivity contribution in [3.63, 3.8) is 0 Å². The number of ether oxygens (including phenoxy) is 2. The molecule has 0 saturated carbocycles. The number of alkyl halides is 2. The van der Waals surface area contributed by atoms with Crippen LogP contribution in [0.4, 0.5) is 14.5 Å². The minimum absolute atomic E-state index is 0.0277. The van der Waals surface area contributed by atoms with Crippen LogP contribution in [0.3, 0.4) is 0 Å². The van der Waals surface area contributed by atoms with Crippen LogP contribution in [0.2, 0.25) is 0 Å². The molecule has 1 heterocycles. The average molecular weight is 390 g/mol. The van der Waals surface area contributed by atoms with E-state index in [-0.39, 0.29) is 16.6 Å². The molecule has 3 rings (SSSR count). The molecule has 0 atom stereocenters. The van der Waals surface area contributed by atoms with Crippen molar-refractivity contribution in [2.75, 3.05) is 11.5 Å². The van der Waals surface area contributed by atoms with Gasteiger partial charge in [0.2, 0.25) is 0 Å². The van der Waals surface area contributed by atoms with Gasteiger partial charge >= 0.3 is 6.61 Å². The van der Waals surface area contributed by atoms with Crippen molar-refractivity contribution in [2.24, 2.45) is 0 Å². The van der Waals surface area contributed by atoms with Gasteiger partial charge in [-0.2, -0.15) is 8.78 Å². The van der Waals surface area contributed by atoms with E-state index < -0.39 is 12.5 Å². The van der Waals surface area contributed by atoms with Crippen LogP contribution in [-0.2, 0) is 4.79 Å². The Hall–Kier alpha value is -3.00. The summed E-state index contributed by atoms with van der Waals surface area (Å²) < 4.78 is 35.0. The number of amides is 1. The maximum absolute atomic E-state index is 12.8. The zero-order valence-electron chi connectivity index (χ0n) is 14.3. The van der Waals surface area contributed by atoms with Crippen LogP contribution < -0.4 is 19.7 Å². The number of nitrogens with zero attached hydrogens (tertiary/aromatic N) is 1. The molecule has 27 heavy (non-hydrogen) atoms. The summed E-state index contributed by atoms with van der Waals surface area (Å²) in [6.07, 6.45) is 1.43. The van der Waals surface area contributed by atoms with Crippen molar-refractivity contribution in [3.8, 4) is 11.5 Å². The van der Waals surface area contributed by atoms with Crippen LogP contribution in [0.1, 0.15) is 12.5 Å². The van der Waals surface area contributed by atoms with E-state index in [0.717, 1.165) is 0 Å². The van der Waals surface area contributed by atoms with Crippen LogP contribution >= 0.6 is 12.2 Å². The van der Waals surface area contributed by atoms with Crippen molar-refractivity contribution in [1.29, 1.82) is 0 Å². The molecule has 0 spiro atoms. The number of hydrogen-bond donors (Lipinski definition) is 1. The molecule has 0 aromatic heterocycles. The second kappa shape index (κ2) is 8.13. The molecule has 140 valence electrons. The van der Waals surface area contributed by atoms with Crippen LogP contribution in [-0.4, -0.2) is 24.2 Å². The molecule has 2 aromatic carbocycles. The summed E-state index contributed by atoms with van der Waals surface area (Å²) >= 11 is 5.25. The molecule has 8 heteroatoms. The van der Waals surface area contributed by atoms with Gasteiger partial charge in [0.05, 0.1) is 12.3 Å². The number of para-hydroxylation sites is 1. The van der Waals surface area contributed by atoms with Crippen molar-refractivity contribution in [1.82, 2.24) is 5.32 Å². The van der Waals surface area contributed by atoms with Crippen molar-refractivity contribution in [3.05, 3.63) is 59.8 Å². The van der Waals surface area contributed by atoms with E-state index in [4.69, 9.17) is 17.0 Å². The smallest absolute Gasteiger partial charge is 0.387 e. The highest BCUT2D eigenvalue weighted by Crippen LogP contribution is 2.27. The molecule has 1 N–H and O–H groups in total. The molecule has 0 unspecified atom stereocenters. The van der Waals surface area contributed by atoms with E-state index in [0.29, 0.717) is 23.6 Å². The number of thiocarbonyl (C=S) groups is 1. The number of carbonyl (C=O) groups is 1. The summed E-state index contributed by atoms with van der Waals surface area (Å²) in [5, 5.41) is 3.01. The molecule has 1 amide bonds. The molecule has 0 aliphatic carbocycles. The highest BCUT2D eigenvalue weighted by molar-refractivity contribution is 7.80. The van der Waals surface area contributed by atoms with Crippen LogP contribution in [0.15, 0.2) is 54.2 Å². The third-order valence-electron chi connectivity index (χ3n) is 3.72. The summed E-state index contributed by atoms with van der Waals surface area (Å²) in [5.41, 5.74) is 1.07. The predicted octanol–water partition coefficient (Wildman–Crippen LogP) is 3.95. The minimum Gasteiger partial charge on any atom is -0.494 e. The first-order chi connectivity index (χ1) is 13.0. The van der Waals surface area contributed by atoms with Gasteiger partial charge in [0.15, 0.2) is 5.11 Å². The molecule has 0 bridgehead atoms. The lowest BCUT2D eigenvalue weighted by molar-refractivity contribution is -0.113. The lowest BCUT2D eigenvalue weighted by Gasteiger charge is -2.14. The van der Waals surface area contributed by atoms with Crippen molar-refractivity contribution in [2.45, 2.75) is 13.5 Å². The molecule has 1 aliphatic heterocycles. The number of hydrogen-bond acceptors (Lipinski definition) is 4. The monoisotopic (exact) mass is 390 g/mol. The third-order valence-corrected chi connectivity index (χ3v) is 4.00. The lowest BCUT2D eigenvalue weighted by Crippen LogP contribution is -2.30. The number of halogens is 2. The zero-order chi connectivity index (χ0) is 19.4. The van der Waals surface area contributed by atoms with Crippen molar-refractivity contribution < 1.29 is 23.0 Å². The van der Waals surface area contributed by atoms with Gasteiger partial charge in [-0.15, -0.1) is 0 Å². The number of benzene rings is 2. The summed E-state index contributed by atoms with van der Waals surface area (Å²) in [7, 11) is 0. The molecule has 1 saturated heterocycles. The number of rotatable bonds is 6. The van der Waals surface area contributed by atoms with Gasteiger partial charge < -0.3 is 14.8 Å². The maximum Gasteiger partial charge on any atom is 0.387 e. The summed E-state index contributed by atoms with van der Waals surface area (Å²) in [5.74, 6) is 0.261. The Morgan fingerprint density at radius 3 is 2.56 bits per heavy atom. The lowest BCUT2D eigenvalue weighted by atomic mass is 10.1. The van der Waals surface area contributed by atoms with Gasteiger partial charge in [0.25, 0.3) is 5.91 Å². The molecule has 0 radical (unpaired) electrons. The van der Waals surface area contributed by atoms with E-state index in [1.54, 1.807) is 42.5 Å². The normalized spacial score (nSPS) is 15.4. The fourth-order valence-corrected chi connectivity index (χ4v) is 2.88. The van der Waals surface area contributed by atoms with Crippen molar-refractivity contribution >= 4 is 35.0 Å². The topological polar surface area (TPSA) is 50.8 Å². The first-order valence-electron chi connectivity index (χ1n) is 8.13.